The van der Waals surface area contributed by atoms with Crippen molar-refractivity contribution in [1.29, 1.82) is 0 Å². The number of quaternary nitrogens is 1. The minimum absolute atomic E-state index is 0. The third-order valence-corrected chi connectivity index (χ3v) is 0.723. The lowest BCUT2D eigenvalue weighted by atomic mass is 10.3. The summed E-state index contributed by atoms with van der Waals surface area (Å²) < 4.78 is 0. The van der Waals surface area contributed by atoms with Crippen LogP contribution in [0.4, 0.5) is 0 Å². The predicted octanol–water partition coefficient (Wildman–Crippen LogP) is -1.46. The summed E-state index contributed by atoms with van der Waals surface area (Å²) in [6.07, 6.45) is 0.655. The number of carboxylic acid groups (broad SMARTS) is 1. The summed E-state index contributed by atoms with van der Waals surface area (Å²) in [5.41, 5.74) is 4.67. The highest BCUT2D eigenvalue weighted by molar-refractivity contribution is 5.96. The van der Waals surface area contributed by atoms with Crippen molar-refractivity contribution in [2.24, 2.45) is 5.73 Å². The summed E-state index contributed by atoms with van der Waals surface area (Å²) in [5, 5.41) is 9.72. The van der Waals surface area contributed by atoms with Gasteiger partial charge in [-0.25, -0.2) is 0 Å². The molecule has 0 fully saturated rings. The summed E-state index contributed by atoms with van der Waals surface area (Å²) in [7, 11) is 0. The molecule has 0 saturated heterocycles. The Hall–Kier alpha value is -1.36. The molecule has 0 aliphatic rings. The largest absolute Gasteiger partial charge is 0.545 e. The summed E-state index contributed by atoms with van der Waals surface area (Å²) in [6, 6.07) is 0. The van der Waals surface area contributed by atoms with Crippen molar-refractivity contribution in [3.63, 3.8) is 0 Å². The van der Waals surface area contributed by atoms with Gasteiger partial charge in [-0.15, -0.1) is 0 Å². The fraction of sp³-hybridized carbons (Fsp3) is 0.200. The maximum absolute atomic E-state index is 10.1. The normalized spacial score (nSPS) is 9.90. The summed E-state index contributed by atoms with van der Waals surface area (Å²) in [6.45, 7) is 1.30. The molecule has 1 amide bonds. The number of rotatable bonds is 2. The molecule has 0 saturated carbocycles. The van der Waals surface area contributed by atoms with E-state index in [1.165, 1.54) is 6.92 Å². The number of hydrogen-bond donors (Lipinski definition) is 2. The van der Waals surface area contributed by atoms with Gasteiger partial charge in [0.2, 0.25) is 5.91 Å². The fourth-order valence-electron chi connectivity index (χ4n) is 0.248. The zero-order valence-electron chi connectivity index (χ0n) is 5.88. The van der Waals surface area contributed by atoms with E-state index in [9.17, 15) is 14.7 Å². The molecule has 6 N–H and O–H groups in total. The standard InChI is InChI=1S/C5H7NO3.H3N/c1-3(5(6)9)2-4(7)8;/h2H,1H3,(H2,6,9)(H,7,8);1H3. The molecule has 0 aliphatic carbocycles. The number of nitrogens with two attached hydrogens (primary N) is 1. The van der Waals surface area contributed by atoms with E-state index in [-0.39, 0.29) is 11.7 Å². The van der Waals surface area contributed by atoms with Crippen LogP contribution in [0, 0.1) is 0 Å². The molecule has 0 aromatic heterocycles. The van der Waals surface area contributed by atoms with E-state index in [1.807, 2.05) is 0 Å². The Morgan fingerprint density at radius 1 is 1.50 bits per heavy atom. The number of carbonyl (C=O) groups excluding carboxylic acids is 2. The molecule has 5 heteroatoms. The maximum Gasteiger partial charge on any atom is 0.244 e. The van der Waals surface area contributed by atoms with Gasteiger partial charge >= 0.3 is 0 Å². The van der Waals surface area contributed by atoms with Gasteiger partial charge < -0.3 is 21.8 Å². The smallest absolute Gasteiger partial charge is 0.244 e. The highest BCUT2D eigenvalue weighted by atomic mass is 16.4. The molecule has 0 spiro atoms. The van der Waals surface area contributed by atoms with Crippen LogP contribution in [0.2, 0.25) is 0 Å². The predicted molar refractivity (Wildman–Crippen MR) is 33.9 cm³/mol. The Morgan fingerprint density at radius 3 is 2.00 bits per heavy atom. The van der Waals surface area contributed by atoms with Crippen molar-refractivity contribution in [3.8, 4) is 0 Å². The van der Waals surface area contributed by atoms with Crippen molar-refractivity contribution in [3.05, 3.63) is 11.6 Å². The van der Waals surface area contributed by atoms with Crippen LogP contribution in [0.15, 0.2) is 11.6 Å². The van der Waals surface area contributed by atoms with Crippen LogP contribution in [0.25, 0.3) is 0 Å². The van der Waals surface area contributed by atoms with Gasteiger partial charge in [0.05, 0.1) is 5.97 Å². The molecule has 5 nitrogen and oxygen atoms in total. The molecular weight excluding hydrogens is 136 g/mol. The molecule has 0 radical (unpaired) electrons. The molecule has 0 aromatic carbocycles. The number of amides is 1. The Balaban J connectivity index is 0. The Morgan fingerprint density at radius 2 is 1.90 bits per heavy atom. The zero-order chi connectivity index (χ0) is 7.44. The Labute approximate surface area is 58.1 Å². The lowest BCUT2D eigenvalue weighted by Gasteiger charge is -1.93. The van der Waals surface area contributed by atoms with Gasteiger partial charge in [0, 0.05) is 5.57 Å². The highest BCUT2D eigenvalue weighted by Gasteiger charge is 1.93. The molecule has 0 rings (SSSR count). The Bertz CT molecular complexity index is 174. The van der Waals surface area contributed by atoms with Crippen molar-refractivity contribution < 1.29 is 14.7 Å². The molecule has 0 unspecified atom stereocenters. The second-order valence-corrected chi connectivity index (χ2v) is 1.51. The second kappa shape index (κ2) is 4.51. The van der Waals surface area contributed by atoms with Crippen LogP contribution in [0.1, 0.15) is 6.92 Å². The van der Waals surface area contributed by atoms with Crippen LogP contribution < -0.4 is 17.0 Å². The molecule has 0 heterocycles. The van der Waals surface area contributed by atoms with Crippen LogP contribution in [0.3, 0.4) is 0 Å². The molecule has 10 heavy (non-hydrogen) atoms. The van der Waals surface area contributed by atoms with E-state index in [1.54, 1.807) is 0 Å². The van der Waals surface area contributed by atoms with Gasteiger partial charge in [-0.3, -0.25) is 4.79 Å². The quantitative estimate of drug-likeness (QED) is 0.463. The molecular formula is C5H10N2O3. The monoisotopic (exact) mass is 146 g/mol. The Kier molecular flexibility index (Phi) is 5.16. The molecule has 0 atom stereocenters. The van der Waals surface area contributed by atoms with Crippen LogP contribution in [-0.2, 0) is 9.59 Å². The van der Waals surface area contributed by atoms with Gasteiger partial charge in [0.1, 0.15) is 0 Å². The van der Waals surface area contributed by atoms with E-state index in [4.69, 9.17) is 0 Å². The van der Waals surface area contributed by atoms with Crippen molar-refractivity contribution in [1.82, 2.24) is 6.15 Å². The first-order chi connectivity index (χ1) is 4.04. The van der Waals surface area contributed by atoms with E-state index >= 15 is 0 Å². The van der Waals surface area contributed by atoms with Crippen LogP contribution >= 0.6 is 0 Å². The van der Waals surface area contributed by atoms with E-state index in [0.29, 0.717) is 6.08 Å². The fourth-order valence-corrected chi connectivity index (χ4v) is 0.248. The second-order valence-electron chi connectivity index (χ2n) is 1.51. The number of primary amides is 1. The minimum atomic E-state index is -1.41. The van der Waals surface area contributed by atoms with Crippen molar-refractivity contribution in [2.45, 2.75) is 6.92 Å². The lowest BCUT2D eigenvalue weighted by Crippen LogP contribution is -2.22. The van der Waals surface area contributed by atoms with Gasteiger partial charge in [-0.1, -0.05) is 0 Å². The highest BCUT2D eigenvalue weighted by Crippen LogP contribution is 1.86. The number of hydrogen-bond acceptors (Lipinski definition) is 3. The number of carboxylic acids is 1. The van der Waals surface area contributed by atoms with E-state index < -0.39 is 11.9 Å². The summed E-state index contributed by atoms with van der Waals surface area (Å²) >= 11 is 0. The average molecular weight is 146 g/mol. The van der Waals surface area contributed by atoms with E-state index in [0.717, 1.165) is 0 Å². The molecule has 58 valence electrons. The topological polar surface area (TPSA) is 120 Å². The SMILES string of the molecule is CC(=CC(=O)[O-])C(N)=O.[NH4+]. The van der Waals surface area contributed by atoms with Gasteiger partial charge in [0.25, 0.3) is 0 Å². The first-order valence-electron chi connectivity index (χ1n) is 2.23. The van der Waals surface area contributed by atoms with Crippen LogP contribution in [-0.4, -0.2) is 11.9 Å². The number of carbonyl (C=O) groups is 2. The summed E-state index contributed by atoms with van der Waals surface area (Å²) in [5.74, 6) is -2.16. The first kappa shape index (κ1) is 11.4. The lowest BCUT2D eigenvalue weighted by molar-refractivity contribution is -0.297. The van der Waals surface area contributed by atoms with Crippen molar-refractivity contribution >= 4 is 11.9 Å². The van der Waals surface area contributed by atoms with Gasteiger partial charge in [0.15, 0.2) is 0 Å². The summed E-state index contributed by atoms with van der Waals surface area (Å²) in [4.78, 5) is 19.8. The third-order valence-electron chi connectivity index (χ3n) is 0.723. The molecule has 0 aliphatic heterocycles. The third kappa shape index (κ3) is 4.79. The van der Waals surface area contributed by atoms with E-state index in [2.05, 4.69) is 5.73 Å². The van der Waals surface area contributed by atoms with Crippen LogP contribution in [0.5, 0.6) is 0 Å². The number of aliphatic carboxylic acids is 1. The van der Waals surface area contributed by atoms with Crippen molar-refractivity contribution in [2.75, 3.05) is 0 Å². The average Bonchev–Trinajstić information content (AvgIpc) is 1.63. The van der Waals surface area contributed by atoms with Gasteiger partial charge in [-0.2, -0.15) is 0 Å². The minimum Gasteiger partial charge on any atom is -0.545 e. The molecule has 0 aromatic rings. The molecule has 0 bridgehead atoms. The maximum atomic E-state index is 10.1. The van der Waals surface area contributed by atoms with Gasteiger partial charge in [-0.05, 0) is 13.0 Å². The zero-order valence-corrected chi connectivity index (χ0v) is 5.88. The first-order valence-corrected chi connectivity index (χ1v) is 2.23.